The number of nitrogens with zero attached hydrogens (tertiary/aromatic N) is 3. The van der Waals surface area contributed by atoms with Gasteiger partial charge in [0.25, 0.3) is 0 Å². The van der Waals surface area contributed by atoms with Crippen molar-refractivity contribution in [2.24, 2.45) is 29.1 Å². The highest BCUT2D eigenvalue weighted by Crippen LogP contribution is 2.60. The number of aliphatic hydroxyl groups is 1. The molecular weight excluding hydrogens is 607 g/mol. The van der Waals surface area contributed by atoms with Crippen LogP contribution in [-0.2, 0) is 14.8 Å². The summed E-state index contributed by atoms with van der Waals surface area (Å²) < 4.78 is 26.8. The number of carbonyl (C=O) groups is 1. The average molecular weight is 656 g/mol. The van der Waals surface area contributed by atoms with E-state index in [2.05, 4.69) is 28.0 Å². The van der Waals surface area contributed by atoms with Crippen molar-refractivity contribution in [3.8, 4) is 0 Å². The monoisotopic (exact) mass is 655 g/mol. The second-order valence-electron chi connectivity index (χ2n) is 14.3. The smallest absolute Gasteiger partial charge is 0.309 e. The first-order valence-electron chi connectivity index (χ1n) is 16.8. The Morgan fingerprint density at radius 3 is 2.16 bits per heavy atom. The zero-order valence-electron chi connectivity index (χ0n) is 26.7. The van der Waals surface area contributed by atoms with Gasteiger partial charge in [0.15, 0.2) is 0 Å². The number of carboxylic acid groups (broad SMARTS) is 1. The third-order valence-corrected chi connectivity index (χ3v) is 13.9. The molecule has 2 heterocycles. The van der Waals surface area contributed by atoms with E-state index in [1.54, 1.807) is 31.9 Å². The van der Waals surface area contributed by atoms with Crippen LogP contribution in [0.3, 0.4) is 0 Å². The van der Waals surface area contributed by atoms with Gasteiger partial charge in [-0.15, -0.1) is 0 Å². The van der Waals surface area contributed by atoms with Gasteiger partial charge in [-0.2, -0.15) is 0 Å². The van der Waals surface area contributed by atoms with Gasteiger partial charge >= 0.3 is 5.97 Å². The van der Waals surface area contributed by atoms with E-state index in [-0.39, 0.29) is 5.41 Å². The van der Waals surface area contributed by atoms with Crippen molar-refractivity contribution in [3.05, 3.63) is 42.5 Å². The maximum Gasteiger partial charge on any atom is 0.309 e. The summed E-state index contributed by atoms with van der Waals surface area (Å²) in [7, 11) is -0.348. The molecule has 0 radical (unpaired) electrons. The molecule has 0 aromatic heterocycles. The Morgan fingerprint density at radius 2 is 1.56 bits per heavy atom. The Balaban J connectivity index is 0.000000226. The Labute approximate surface area is 273 Å². The first-order chi connectivity index (χ1) is 21.6. The van der Waals surface area contributed by atoms with Crippen LogP contribution in [-0.4, -0.2) is 80.7 Å². The van der Waals surface area contributed by atoms with E-state index in [1.165, 1.54) is 41.3 Å². The largest absolute Gasteiger partial charge is 0.481 e. The number of hydrogen-bond donors (Lipinski definition) is 2. The molecule has 0 unspecified atom stereocenters. The fraction of sp³-hybridized carbons (Fsp3) is 0.629. The molecule has 10 heteroatoms. The van der Waals surface area contributed by atoms with Gasteiger partial charge < -0.3 is 20.0 Å². The summed E-state index contributed by atoms with van der Waals surface area (Å²) in [5.41, 5.74) is 1.83. The standard InChI is InChI=1S/C24H33N3O3S2.C11H16O2/c1-25(2)32(29,30)20-8-9-24-22(18-20)27(21-6-3-4-7-23(21)31-24)14-5-13-26-15-10-19(11-16-26)12-17-28;12-10(13)11-4-7-1-8(5-11)3-9(2-7)6-11/h3-4,6-9,18-19,28H,5,10-17H2,1-2H3;7-9H,1-6H2,(H,12,13). The third kappa shape index (κ3) is 6.96. The molecule has 8 nitrogen and oxygen atoms in total. The fourth-order valence-electron chi connectivity index (χ4n) is 8.93. The van der Waals surface area contributed by atoms with Gasteiger partial charge in [0.1, 0.15) is 0 Å². The number of anilines is 2. The van der Waals surface area contributed by atoms with Gasteiger partial charge in [-0.3, -0.25) is 4.79 Å². The molecule has 4 bridgehead atoms. The molecule has 45 heavy (non-hydrogen) atoms. The lowest BCUT2D eigenvalue weighted by atomic mass is 9.49. The maximum atomic E-state index is 12.7. The zero-order valence-corrected chi connectivity index (χ0v) is 28.4. The van der Waals surface area contributed by atoms with Crippen LogP contribution in [0.1, 0.15) is 64.2 Å². The van der Waals surface area contributed by atoms with Crippen LogP contribution in [0.2, 0.25) is 0 Å². The van der Waals surface area contributed by atoms with Crippen LogP contribution < -0.4 is 4.90 Å². The van der Waals surface area contributed by atoms with Crippen molar-refractivity contribution in [2.75, 3.05) is 51.8 Å². The zero-order chi connectivity index (χ0) is 31.8. The SMILES string of the molecule is CN(C)S(=O)(=O)c1ccc2c(c1)N(CCCN1CCC(CCO)CC1)c1ccccc1S2.O=C(O)C12CC3CC(CC(C3)C1)C2. The van der Waals surface area contributed by atoms with Crippen molar-refractivity contribution >= 4 is 39.1 Å². The van der Waals surface area contributed by atoms with Gasteiger partial charge in [0.2, 0.25) is 10.0 Å². The summed E-state index contributed by atoms with van der Waals surface area (Å²) in [5, 5.41) is 18.4. The lowest BCUT2D eigenvalue weighted by molar-refractivity contribution is -0.164. The maximum absolute atomic E-state index is 12.7. The second kappa shape index (κ2) is 13.6. The Bertz CT molecular complexity index is 1440. The normalized spacial score (nSPS) is 27.6. The predicted molar refractivity (Wildman–Crippen MR) is 179 cm³/mol. The first-order valence-corrected chi connectivity index (χ1v) is 19.0. The highest BCUT2D eigenvalue weighted by atomic mass is 32.2. The molecule has 8 rings (SSSR count). The number of para-hydroxylation sites is 1. The molecule has 0 amide bonds. The van der Waals surface area contributed by atoms with E-state index in [0.717, 1.165) is 92.3 Å². The van der Waals surface area contributed by atoms with Gasteiger partial charge in [-0.1, -0.05) is 23.9 Å². The number of sulfonamides is 1. The summed E-state index contributed by atoms with van der Waals surface area (Å²) >= 11 is 1.70. The predicted octanol–water partition coefficient (Wildman–Crippen LogP) is 6.31. The van der Waals surface area contributed by atoms with E-state index in [9.17, 15) is 18.3 Å². The molecule has 4 aliphatic carbocycles. The number of hydrogen-bond acceptors (Lipinski definition) is 7. The van der Waals surface area contributed by atoms with Crippen molar-refractivity contribution < 1.29 is 23.4 Å². The molecule has 5 fully saturated rings. The minimum absolute atomic E-state index is 0.283. The van der Waals surface area contributed by atoms with Crippen LogP contribution in [0, 0.1) is 29.1 Å². The molecule has 0 atom stereocenters. The van der Waals surface area contributed by atoms with E-state index in [1.807, 2.05) is 18.2 Å². The number of rotatable bonds is 9. The summed E-state index contributed by atoms with van der Waals surface area (Å²) in [6.45, 7) is 4.36. The molecule has 2 aliphatic heterocycles. The quantitative estimate of drug-likeness (QED) is 0.324. The highest BCUT2D eigenvalue weighted by Gasteiger charge is 2.54. The van der Waals surface area contributed by atoms with Crippen molar-refractivity contribution in [2.45, 2.75) is 78.9 Å². The van der Waals surface area contributed by atoms with Crippen LogP contribution in [0.15, 0.2) is 57.2 Å². The van der Waals surface area contributed by atoms with E-state index >= 15 is 0 Å². The van der Waals surface area contributed by atoms with Crippen LogP contribution >= 0.6 is 11.8 Å². The molecule has 2 N–H and O–H groups in total. The lowest BCUT2D eigenvalue weighted by Crippen LogP contribution is -2.49. The molecular formula is C35H49N3O5S2. The summed E-state index contributed by atoms with van der Waals surface area (Å²) in [4.78, 5) is 18.7. The number of aliphatic carboxylic acids is 1. The topological polar surface area (TPSA) is 101 Å². The number of fused-ring (bicyclic) bond motifs is 2. The van der Waals surface area contributed by atoms with Crippen LogP contribution in [0.25, 0.3) is 0 Å². The molecule has 4 saturated carbocycles. The summed E-state index contributed by atoms with van der Waals surface area (Å²) in [6.07, 6.45) is 11.2. The van der Waals surface area contributed by atoms with Crippen LogP contribution in [0.4, 0.5) is 11.4 Å². The van der Waals surface area contributed by atoms with Crippen molar-refractivity contribution in [1.29, 1.82) is 0 Å². The molecule has 2 aromatic rings. The molecule has 0 spiro atoms. The Morgan fingerprint density at radius 1 is 0.933 bits per heavy atom. The van der Waals surface area contributed by atoms with Gasteiger partial charge in [0, 0.05) is 37.0 Å². The molecule has 6 aliphatic rings. The Kier molecular flexibility index (Phi) is 9.88. The number of benzene rings is 2. The van der Waals surface area contributed by atoms with Gasteiger partial charge in [-0.25, -0.2) is 12.7 Å². The minimum Gasteiger partial charge on any atom is -0.481 e. The summed E-state index contributed by atoms with van der Waals surface area (Å²) in [6, 6.07) is 13.8. The molecule has 246 valence electrons. The highest BCUT2D eigenvalue weighted by molar-refractivity contribution is 7.99. The lowest BCUT2D eigenvalue weighted by Gasteiger charge is -2.54. The van der Waals surface area contributed by atoms with E-state index in [0.29, 0.717) is 17.4 Å². The summed E-state index contributed by atoms with van der Waals surface area (Å²) in [5.74, 6) is 2.41. The number of piperidine rings is 1. The first kappa shape index (κ1) is 32.8. The van der Waals surface area contributed by atoms with Crippen LogP contribution in [0.5, 0.6) is 0 Å². The number of likely N-dealkylation sites (tertiary alicyclic amines) is 1. The van der Waals surface area contributed by atoms with Crippen molar-refractivity contribution in [1.82, 2.24) is 9.21 Å². The number of aliphatic hydroxyl groups excluding tert-OH is 1. The minimum atomic E-state index is -3.49. The second-order valence-corrected chi connectivity index (χ2v) is 17.5. The average Bonchev–Trinajstić information content (AvgIpc) is 3.01. The Hall–Kier alpha value is -2.11. The fourth-order valence-corrected chi connectivity index (χ4v) is 10.9. The van der Waals surface area contributed by atoms with Gasteiger partial charge in [-0.05, 0) is 138 Å². The molecule has 2 aromatic carbocycles. The van der Waals surface area contributed by atoms with E-state index in [4.69, 9.17) is 5.11 Å². The third-order valence-electron chi connectivity index (χ3n) is 11.0. The number of carboxylic acids is 1. The molecule has 1 saturated heterocycles. The van der Waals surface area contributed by atoms with Crippen molar-refractivity contribution in [3.63, 3.8) is 0 Å². The van der Waals surface area contributed by atoms with E-state index < -0.39 is 16.0 Å². The van der Waals surface area contributed by atoms with Gasteiger partial charge in [0.05, 0.1) is 21.7 Å².